The Hall–Kier alpha value is -2.32. The Labute approximate surface area is 176 Å². The Morgan fingerprint density at radius 2 is 1.27 bits per heavy atom. The Morgan fingerprint density at radius 1 is 0.800 bits per heavy atom. The zero-order chi connectivity index (χ0) is 20.8. The minimum atomic E-state index is -0.0707. The Kier molecular flexibility index (Phi) is 7.07. The van der Waals surface area contributed by atoms with E-state index in [1.54, 1.807) is 0 Å². The van der Waals surface area contributed by atoms with Gasteiger partial charge in [-0.15, -0.1) is 10.2 Å². The summed E-state index contributed by atoms with van der Waals surface area (Å²) < 4.78 is 3.76. The number of nitrogens with zero attached hydrogens (tertiary/aromatic N) is 8. The highest BCUT2D eigenvalue weighted by Gasteiger charge is 2.23. The van der Waals surface area contributed by atoms with E-state index >= 15 is 0 Å². The van der Waals surface area contributed by atoms with Crippen molar-refractivity contribution in [1.29, 1.82) is 0 Å². The van der Waals surface area contributed by atoms with Gasteiger partial charge < -0.3 is 10.2 Å². The van der Waals surface area contributed by atoms with E-state index in [-0.39, 0.29) is 13.2 Å². The summed E-state index contributed by atoms with van der Waals surface area (Å²) in [6.07, 6.45) is 8.06. The second-order valence-corrected chi connectivity index (χ2v) is 8.11. The van der Waals surface area contributed by atoms with Crippen LogP contribution in [0.4, 0.5) is 0 Å². The number of aromatic nitrogens is 6. The minimum absolute atomic E-state index is 0.0707. The Balaban J connectivity index is 1.24. The predicted molar refractivity (Wildman–Crippen MR) is 109 cm³/mol. The molecule has 4 heterocycles. The van der Waals surface area contributed by atoms with E-state index in [4.69, 9.17) is 0 Å². The summed E-state index contributed by atoms with van der Waals surface area (Å²) in [6, 6.07) is 0.588. The second kappa shape index (κ2) is 10.1. The van der Waals surface area contributed by atoms with Crippen LogP contribution in [0.25, 0.3) is 0 Å². The van der Waals surface area contributed by atoms with Crippen LogP contribution in [0.2, 0.25) is 0 Å². The van der Waals surface area contributed by atoms with Crippen molar-refractivity contribution in [2.24, 2.45) is 0 Å². The number of hydrogen-bond acceptors (Lipinski definition) is 8. The maximum Gasteiger partial charge on any atom is 0.108 e. The van der Waals surface area contributed by atoms with Crippen molar-refractivity contribution < 1.29 is 10.2 Å². The van der Waals surface area contributed by atoms with E-state index in [0.29, 0.717) is 23.5 Å². The summed E-state index contributed by atoms with van der Waals surface area (Å²) in [5, 5.41) is 34.6. The molecule has 0 spiro atoms. The predicted octanol–water partition coefficient (Wildman–Crippen LogP) is -0.168. The first-order valence-corrected chi connectivity index (χ1v) is 10.7. The highest BCUT2D eigenvalue weighted by molar-refractivity contribution is 5.05. The molecule has 10 heteroatoms. The van der Waals surface area contributed by atoms with Crippen molar-refractivity contribution in [2.45, 2.75) is 51.0 Å². The number of aliphatic hydroxyl groups is 2. The Bertz CT molecular complexity index is 801. The lowest BCUT2D eigenvalue weighted by Crippen LogP contribution is -2.38. The monoisotopic (exact) mass is 414 g/mol. The third kappa shape index (κ3) is 5.23. The minimum Gasteiger partial charge on any atom is -0.390 e. The molecule has 0 bridgehead atoms. The van der Waals surface area contributed by atoms with E-state index in [1.807, 2.05) is 21.8 Å². The smallest absolute Gasteiger partial charge is 0.108 e. The van der Waals surface area contributed by atoms with Crippen molar-refractivity contribution in [1.82, 2.24) is 39.8 Å². The highest BCUT2D eigenvalue weighted by atomic mass is 16.3. The second-order valence-electron chi connectivity index (χ2n) is 8.11. The molecule has 2 fully saturated rings. The first-order valence-electron chi connectivity index (χ1n) is 10.7. The number of aliphatic hydroxyl groups excluding tert-OH is 2. The van der Waals surface area contributed by atoms with Crippen molar-refractivity contribution in [2.75, 3.05) is 39.3 Å². The molecule has 2 atom stereocenters. The molecule has 0 radical (unpaired) electrons. The van der Waals surface area contributed by atoms with Crippen LogP contribution in [0.15, 0.2) is 12.4 Å². The van der Waals surface area contributed by atoms with E-state index < -0.39 is 0 Å². The first-order chi connectivity index (χ1) is 14.7. The quantitative estimate of drug-likeness (QED) is 0.628. The lowest BCUT2D eigenvalue weighted by molar-refractivity contribution is 0.183. The molecular weight excluding hydrogens is 384 g/mol. The van der Waals surface area contributed by atoms with Crippen LogP contribution in [0, 0.1) is 11.8 Å². The molecule has 0 aliphatic carbocycles. The van der Waals surface area contributed by atoms with Crippen LogP contribution in [0.1, 0.15) is 49.2 Å². The van der Waals surface area contributed by atoms with Gasteiger partial charge in [0.1, 0.15) is 11.4 Å². The van der Waals surface area contributed by atoms with E-state index in [0.717, 1.165) is 65.0 Å². The standard InChI is InChI=1S/C20H30N8O2/c29-15-17-11-27(23-21-17)19-5-3-9-25(13-19)7-1-2-8-26-10-4-6-20(14-26)28-12-18(16-30)22-24-28/h11-12,19-20,29-30H,3-10,13-16H2. The van der Waals surface area contributed by atoms with Gasteiger partial charge in [0.05, 0.1) is 50.8 Å². The molecule has 30 heavy (non-hydrogen) atoms. The summed E-state index contributed by atoms with van der Waals surface area (Å²) in [7, 11) is 0. The summed E-state index contributed by atoms with van der Waals surface area (Å²) >= 11 is 0. The van der Waals surface area contributed by atoms with Gasteiger partial charge in [0.15, 0.2) is 0 Å². The molecule has 0 saturated carbocycles. The third-order valence-electron chi connectivity index (χ3n) is 5.88. The van der Waals surface area contributed by atoms with Crippen molar-refractivity contribution in [3.8, 4) is 11.8 Å². The normalized spacial score (nSPS) is 23.3. The molecule has 2 N–H and O–H groups in total. The zero-order valence-corrected chi connectivity index (χ0v) is 17.3. The van der Waals surface area contributed by atoms with E-state index in [1.165, 1.54) is 0 Å². The average molecular weight is 415 g/mol. The van der Waals surface area contributed by atoms with Crippen LogP contribution in [0.3, 0.4) is 0 Å². The molecule has 0 aromatic carbocycles. The van der Waals surface area contributed by atoms with Gasteiger partial charge in [0.2, 0.25) is 0 Å². The van der Waals surface area contributed by atoms with Gasteiger partial charge in [0, 0.05) is 13.1 Å². The fraction of sp³-hybridized carbons (Fsp3) is 0.700. The van der Waals surface area contributed by atoms with Crippen LogP contribution in [0.5, 0.6) is 0 Å². The molecule has 0 amide bonds. The van der Waals surface area contributed by atoms with Gasteiger partial charge >= 0.3 is 0 Å². The van der Waals surface area contributed by atoms with Crippen LogP contribution in [-0.4, -0.2) is 89.3 Å². The third-order valence-corrected chi connectivity index (χ3v) is 5.88. The van der Waals surface area contributed by atoms with Gasteiger partial charge in [-0.1, -0.05) is 22.3 Å². The summed E-state index contributed by atoms with van der Waals surface area (Å²) in [5.41, 5.74) is 1.23. The highest BCUT2D eigenvalue weighted by Crippen LogP contribution is 2.21. The van der Waals surface area contributed by atoms with Gasteiger partial charge in [-0.2, -0.15) is 0 Å². The Morgan fingerprint density at radius 3 is 1.67 bits per heavy atom. The summed E-state index contributed by atoms with van der Waals surface area (Å²) in [5.74, 6) is 6.68. The molecule has 2 unspecified atom stereocenters. The van der Waals surface area contributed by atoms with Crippen LogP contribution in [-0.2, 0) is 13.2 Å². The molecule has 2 aromatic heterocycles. The summed E-state index contributed by atoms with van der Waals surface area (Å²) in [6.45, 7) is 5.31. The van der Waals surface area contributed by atoms with Crippen molar-refractivity contribution in [3.05, 3.63) is 23.8 Å². The van der Waals surface area contributed by atoms with Crippen LogP contribution >= 0.6 is 0 Å². The van der Waals surface area contributed by atoms with Gasteiger partial charge in [-0.25, -0.2) is 9.36 Å². The number of likely N-dealkylation sites (tertiary alicyclic amines) is 2. The number of hydrogen-bond donors (Lipinski definition) is 2. The lowest BCUT2D eigenvalue weighted by atomic mass is 10.1. The van der Waals surface area contributed by atoms with Gasteiger partial charge in [-0.05, 0) is 38.8 Å². The number of rotatable bonds is 6. The molecule has 4 rings (SSSR count). The fourth-order valence-electron chi connectivity index (χ4n) is 4.25. The number of piperidine rings is 2. The zero-order valence-electron chi connectivity index (χ0n) is 17.3. The molecule has 10 nitrogen and oxygen atoms in total. The molecule has 2 saturated heterocycles. The average Bonchev–Trinajstić information content (AvgIpc) is 3.47. The molecular formula is C20H30N8O2. The van der Waals surface area contributed by atoms with Crippen molar-refractivity contribution in [3.63, 3.8) is 0 Å². The fourth-order valence-corrected chi connectivity index (χ4v) is 4.25. The topological polar surface area (TPSA) is 108 Å². The SMILES string of the molecule is OCc1cn(C2CCCN(CC#CCN3CCCC(n4cc(CO)nn4)C3)C2)nn1. The largest absolute Gasteiger partial charge is 0.390 e. The van der Waals surface area contributed by atoms with E-state index in [2.05, 4.69) is 42.3 Å². The molecule has 2 aliphatic heterocycles. The summed E-state index contributed by atoms with van der Waals surface area (Å²) in [4.78, 5) is 4.73. The first kappa shape index (κ1) is 20.9. The van der Waals surface area contributed by atoms with Gasteiger partial charge in [-0.3, -0.25) is 9.80 Å². The molecule has 2 aliphatic rings. The lowest BCUT2D eigenvalue weighted by Gasteiger charge is -2.31. The van der Waals surface area contributed by atoms with Gasteiger partial charge in [0.25, 0.3) is 0 Å². The maximum absolute atomic E-state index is 9.18. The molecule has 2 aromatic rings. The molecule has 162 valence electrons. The van der Waals surface area contributed by atoms with Crippen LogP contribution < -0.4 is 0 Å². The maximum atomic E-state index is 9.18. The van der Waals surface area contributed by atoms with E-state index in [9.17, 15) is 10.2 Å². The van der Waals surface area contributed by atoms with Crippen molar-refractivity contribution >= 4 is 0 Å².